The third-order valence-electron chi connectivity index (χ3n) is 5.09. The van der Waals surface area contributed by atoms with Crippen molar-refractivity contribution >= 4 is 11.9 Å². The highest BCUT2D eigenvalue weighted by atomic mass is 16.6. The lowest BCUT2D eigenvalue weighted by Gasteiger charge is -2.28. The molecule has 0 fully saturated rings. The summed E-state index contributed by atoms with van der Waals surface area (Å²) >= 11 is 0. The SMILES string of the molecule is CCCCCC(CC)C(C)(O)C(=O)O.CCCCCC(CC)OC(=O)C(C)O. The molecule has 0 rings (SSSR count). The van der Waals surface area contributed by atoms with E-state index in [0.29, 0.717) is 6.42 Å². The average Bonchev–Trinajstić information content (AvgIpc) is 2.64. The van der Waals surface area contributed by atoms with Gasteiger partial charge in [-0.1, -0.05) is 59.8 Å². The largest absolute Gasteiger partial charge is 0.479 e. The third kappa shape index (κ3) is 13.1. The Bertz CT molecular complexity index is 404. The zero-order valence-electron chi connectivity index (χ0n) is 18.9. The second kappa shape index (κ2) is 16.8. The van der Waals surface area contributed by atoms with Gasteiger partial charge in [-0.3, -0.25) is 0 Å². The molecular formula is C22H44O6. The standard InChI is InChI=1S/2C11H22O3/c1-4-6-7-8-9(5-2)11(3,14)10(12)13;1-4-6-7-8-10(5-2)14-11(13)9(3)12/h9,14H,4-8H2,1-3H3,(H,12,13);9-10,12H,4-8H2,1-3H3. The maximum absolute atomic E-state index is 11.1. The first-order valence-electron chi connectivity index (χ1n) is 10.9. The van der Waals surface area contributed by atoms with E-state index >= 15 is 0 Å². The summed E-state index contributed by atoms with van der Waals surface area (Å²) in [4.78, 5) is 21.9. The molecule has 0 spiro atoms. The van der Waals surface area contributed by atoms with Crippen molar-refractivity contribution in [3.05, 3.63) is 0 Å². The minimum Gasteiger partial charge on any atom is -0.479 e. The minimum atomic E-state index is -1.57. The van der Waals surface area contributed by atoms with E-state index in [4.69, 9.17) is 14.9 Å². The molecule has 0 saturated heterocycles. The van der Waals surface area contributed by atoms with Gasteiger partial charge in [0.2, 0.25) is 0 Å². The Morgan fingerprint density at radius 3 is 1.79 bits per heavy atom. The van der Waals surface area contributed by atoms with Crippen LogP contribution in [0.3, 0.4) is 0 Å². The fourth-order valence-electron chi connectivity index (χ4n) is 2.93. The number of ether oxygens (including phenoxy) is 1. The van der Waals surface area contributed by atoms with E-state index < -0.39 is 23.6 Å². The summed E-state index contributed by atoms with van der Waals surface area (Å²) in [5.41, 5.74) is -1.57. The van der Waals surface area contributed by atoms with Crippen LogP contribution in [-0.4, -0.2) is 45.1 Å². The highest BCUT2D eigenvalue weighted by molar-refractivity contribution is 5.76. The first-order chi connectivity index (χ1) is 13.1. The molecule has 6 nitrogen and oxygen atoms in total. The number of carboxylic acids is 1. The van der Waals surface area contributed by atoms with E-state index in [1.807, 2.05) is 13.8 Å². The van der Waals surface area contributed by atoms with Crippen LogP contribution >= 0.6 is 0 Å². The van der Waals surface area contributed by atoms with Crippen LogP contribution in [0.1, 0.15) is 106 Å². The molecule has 0 aliphatic heterocycles. The molecule has 0 aromatic carbocycles. The van der Waals surface area contributed by atoms with Gasteiger partial charge in [-0.05, 0) is 51.9 Å². The monoisotopic (exact) mass is 404 g/mol. The number of aliphatic carboxylic acids is 1. The van der Waals surface area contributed by atoms with Crippen LogP contribution in [-0.2, 0) is 14.3 Å². The molecule has 3 N–H and O–H groups in total. The zero-order chi connectivity index (χ0) is 22.2. The smallest absolute Gasteiger partial charge is 0.335 e. The molecule has 6 heteroatoms. The number of hydrogen-bond acceptors (Lipinski definition) is 5. The second-order valence-corrected chi connectivity index (χ2v) is 7.69. The van der Waals surface area contributed by atoms with Crippen molar-refractivity contribution in [3.8, 4) is 0 Å². The summed E-state index contributed by atoms with van der Waals surface area (Å²) in [7, 11) is 0. The number of hydrogen-bond donors (Lipinski definition) is 3. The highest BCUT2D eigenvalue weighted by Gasteiger charge is 2.37. The Labute approximate surface area is 171 Å². The second-order valence-electron chi connectivity index (χ2n) is 7.69. The molecule has 0 bridgehead atoms. The Morgan fingerprint density at radius 2 is 1.43 bits per heavy atom. The molecule has 4 unspecified atom stereocenters. The zero-order valence-corrected chi connectivity index (χ0v) is 18.9. The van der Waals surface area contributed by atoms with Crippen molar-refractivity contribution in [3.63, 3.8) is 0 Å². The van der Waals surface area contributed by atoms with Gasteiger partial charge in [0.1, 0.15) is 12.2 Å². The Balaban J connectivity index is 0. The Kier molecular flexibility index (Phi) is 17.4. The van der Waals surface area contributed by atoms with Gasteiger partial charge in [0.15, 0.2) is 5.60 Å². The predicted molar refractivity (Wildman–Crippen MR) is 112 cm³/mol. The predicted octanol–water partition coefficient (Wildman–Crippen LogP) is 4.70. The van der Waals surface area contributed by atoms with E-state index in [1.165, 1.54) is 26.7 Å². The quantitative estimate of drug-likeness (QED) is 0.286. The van der Waals surface area contributed by atoms with Crippen LogP contribution in [0.5, 0.6) is 0 Å². The van der Waals surface area contributed by atoms with E-state index in [9.17, 15) is 14.7 Å². The molecule has 168 valence electrons. The average molecular weight is 405 g/mol. The number of rotatable bonds is 14. The van der Waals surface area contributed by atoms with Crippen LogP contribution in [0.15, 0.2) is 0 Å². The van der Waals surface area contributed by atoms with Gasteiger partial charge in [0.25, 0.3) is 0 Å². The summed E-state index contributed by atoms with van der Waals surface area (Å²) in [5, 5.41) is 27.6. The fraction of sp³-hybridized carbons (Fsp3) is 0.909. The first kappa shape index (κ1) is 29.1. The van der Waals surface area contributed by atoms with Gasteiger partial charge in [0, 0.05) is 0 Å². The lowest BCUT2D eigenvalue weighted by Crippen LogP contribution is -2.42. The van der Waals surface area contributed by atoms with Crippen LogP contribution in [0, 0.1) is 5.92 Å². The maximum Gasteiger partial charge on any atom is 0.335 e. The number of carbonyl (C=O) groups is 2. The molecule has 0 radical (unpaired) electrons. The number of carbonyl (C=O) groups excluding carboxylic acids is 1. The van der Waals surface area contributed by atoms with Crippen molar-refractivity contribution in [2.24, 2.45) is 5.92 Å². The minimum absolute atomic E-state index is 0.0244. The fourth-order valence-corrected chi connectivity index (χ4v) is 2.93. The van der Waals surface area contributed by atoms with Crippen molar-refractivity contribution in [1.29, 1.82) is 0 Å². The van der Waals surface area contributed by atoms with Crippen LogP contribution in [0.2, 0.25) is 0 Å². The number of carboxylic acid groups (broad SMARTS) is 1. The molecule has 0 heterocycles. The number of aliphatic hydroxyl groups is 2. The maximum atomic E-state index is 11.1. The van der Waals surface area contributed by atoms with Crippen molar-refractivity contribution in [2.75, 3.05) is 0 Å². The number of aliphatic hydroxyl groups excluding tert-OH is 1. The van der Waals surface area contributed by atoms with Crippen molar-refractivity contribution in [1.82, 2.24) is 0 Å². The summed E-state index contributed by atoms with van der Waals surface area (Å²) in [5.74, 6) is -1.75. The van der Waals surface area contributed by atoms with Crippen molar-refractivity contribution < 1.29 is 29.6 Å². The summed E-state index contributed by atoms with van der Waals surface area (Å²) in [6.07, 6.45) is 8.85. The van der Waals surface area contributed by atoms with Gasteiger partial charge in [-0.25, -0.2) is 9.59 Å². The highest BCUT2D eigenvalue weighted by Crippen LogP contribution is 2.26. The molecule has 0 amide bonds. The molecule has 0 aliphatic carbocycles. The van der Waals surface area contributed by atoms with Gasteiger partial charge in [0.05, 0.1) is 0 Å². The Morgan fingerprint density at radius 1 is 0.929 bits per heavy atom. The van der Waals surface area contributed by atoms with E-state index in [2.05, 4.69) is 13.8 Å². The molecule has 4 atom stereocenters. The van der Waals surface area contributed by atoms with Crippen molar-refractivity contribution in [2.45, 2.75) is 124 Å². The molecule has 0 aromatic heterocycles. The van der Waals surface area contributed by atoms with Crippen LogP contribution in [0.25, 0.3) is 0 Å². The topological polar surface area (TPSA) is 104 Å². The molecule has 0 saturated carbocycles. The van der Waals surface area contributed by atoms with Gasteiger partial charge < -0.3 is 20.1 Å². The van der Waals surface area contributed by atoms with Crippen LogP contribution < -0.4 is 0 Å². The summed E-state index contributed by atoms with van der Waals surface area (Å²) in [6, 6.07) is 0. The summed E-state index contributed by atoms with van der Waals surface area (Å²) < 4.78 is 5.12. The van der Waals surface area contributed by atoms with Gasteiger partial charge in [-0.15, -0.1) is 0 Å². The lowest BCUT2D eigenvalue weighted by atomic mass is 9.83. The summed E-state index contributed by atoms with van der Waals surface area (Å²) in [6.45, 7) is 11.0. The normalized spacial score (nSPS) is 16.1. The molecule has 0 aliphatic rings. The van der Waals surface area contributed by atoms with Gasteiger partial charge in [-0.2, -0.15) is 0 Å². The van der Waals surface area contributed by atoms with E-state index in [1.54, 1.807) is 0 Å². The van der Waals surface area contributed by atoms with E-state index in [-0.39, 0.29) is 12.0 Å². The van der Waals surface area contributed by atoms with Gasteiger partial charge >= 0.3 is 11.9 Å². The third-order valence-corrected chi connectivity index (χ3v) is 5.09. The molecule has 0 aromatic rings. The number of esters is 1. The molecule has 28 heavy (non-hydrogen) atoms. The van der Waals surface area contributed by atoms with E-state index in [0.717, 1.165) is 44.9 Å². The first-order valence-corrected chi connectivity index (χ1v) is 10.9. The Hall–Kier alpha value is -1.14. The van der Waals surface area contributed by atoms with Crippen LogP contribution in [0.4, 0.5) is 0 Å². The number of unbranched alkanes of at least 4 members (excludes halogenated alkanes) is 4. The lowest BCUT2D eigenvalue weighted by molar-refractivity contribution is -0.163. The molecular weight excluding hydrogens is 360 g/mol.